The zero-order valence-corrected chi connectivity index (χ0v) is 11.9. The summed E-state index contributed by atoms with van der Waals surface area (Å²) < 4.78 is 26.4. The minimum Gasteiger partial charge on any atom is -0.295 e. The van der Waals surface area contributed by atoms with Crippen LogP contribution in [0.3, 0.4) is 0 Å². The Morgan fingerprint density at radius 1 is 1.32 bits per heavy atom. The Kier molecular flexibility index (Phi) is 3.87. The van der Waals surface area contributed by atoms with E-state index in [-0.39, 0.29) is 10.7 Å². The standard InChI is InChI=1S/C14H17NO3S/c1-11-5-4-8-15(10-11)19(17,18)14-7-3-6-13(9-14)12(2)16/h3,5-7,9H,4,8,10H2,1-2H3. The van der Waals surface area contributed by atoms with E-state index in [0.717, 1.165) is 12.0 Å². The third kappa shape index (κ3) is 2.93. The quantitative estimate of drug-likeness (QED) is 0.630. The van der Waals surface area contributed by atoms with Crippen LogP contribution in [-0.2, 0) is 10.0 Å². The van der Waals surface area contributed by atoms with Gasteiger partial charge in [0.2, 0.25) is 10.0 Å². The molecule has 0 aromatic heterocycles. The van der Waals surface area contributed by atoms with Gasteiger partial charge in [0.25, 0.3) is 0 Å². The molecule has 0 bridgehead atoms. The minimum atomic E-state index is -3.51. The molecule has 0 saturated heterocycles. The summed E-state index contributed by atoms with van der Waals surface area (Å²) in [4.78, 5) is 11.5. The Balaban J connectivity index is 2.37. The maximum Gasteiger partial charge on any atom is 0.243 e. The molecule has 0 unspecified atom stereocenters. The third-order valence-electron chi connectivity index (χ3n) is 3.18. The van der Waals surface area contributed by atoms with Crippen LogP contribution in [0.15, 0.2) is 40.8 Å². The molecule has 0 amide bonds. The molecule has 0 N–H and O–H groups in total. The number of benzene rings is 1. The van der Waals surface area contributed by atoms with Crippen molar-refractivity contribution >= 4 is 15.8 Å². The van der Waals surface area contributed by atoms with Crippen molar-refractivity contribution in [2.24, 2.45) is 0 Å². The number of rotatable bonds is 3. The van der Waals surface area contributed by atoms with Crippen molar-refractivity contribution in [2.75, 3.05) is 13.1 Å². The van der Waals surface area contributed by atoms with Crippen molar-refractivity contribution in [2.45, 2.75) is 25.2 Å². The second kappa shape index (κ2) is 5.27. The first-order valence-corrected chi connectivity index (χ1v) is 7.62. The summed E-state index contributed by atoms with van der Waals surface area (Å²) in [5, 5.41) is 0. The van der Waals surface area contributed by atoms with E-state index >= 15 is 0 Å². The maximum atomic E-state index is 12.5. The molecule has 1 aliphatic heterocycles. The molecular weight excluding hydrogens is 262 g/mol. The van der Waals surface area contributed by atoms with Gasteiger partial charge in [-0.15, -0.1) is 0 Å². The minimum absolute atomic E-state index is 0.133. The van der Waals surface area contributed by atoms with Crippen LogP contribution in [0, 0.1) is 0 Å². The Hall–Kier alpha value is -1.46. The lowest BCUT2D eigenvalue weighted by molar-refractivity contribution is 0.101. The number of sulfonamides is 1. The first-order valence-electron chi connectivity index (χ1n) is 6.18. The van der Waals surface area contributed by atoms with Crippen LogP contribution in [0.1, 0.15) is 30.6 Å². The van der Waals surface area contributed by atoms with Gasteiger partial charge < -0.3 is 0 Å². The van der Waals surface area contributed by atoms with E-state index in [4.69, 9.17) is 0 Å². The average Bonchev–Trinajstić information content (AvgIpc) is 2.39. The van der Waals surface area contributed by atoms with Crippen LogP contribution in [0.2, 0.25) is 0 Å². The number of Topliss-reactive ketones (excluding diaryl/α,β-unsaturated/α-hetero) is 1. The Bertz CT molecular complexity index is 632. The smallest absolute Gasteiger partial charge is 0.243 e. The third-order valence-corrected chi connectivity index (χ3v) is 5.02. The van der Waals surface area contributed by atoms with Crippen molar-refractivity contribution in [3.05, 3.63) is 41.5 Å². The number of carbonyl (C=O) groups excluding carboxylic acids is 1. The fraction of sp³-hybridized carbons (Fsp3) is 0.357. The monoisotopic (exact) mass is 279 g/mol. The van der Waals surface area contributed by atoms with Crippen molar-refractivity contribution < 1.29 is 13.2 Å². The molecule has 0 saturated carbocycles. The number of carbonyl (C=O) groups is 1. The molecule has 1 heterocycles. The second-order valence-corrected chi connectivity index (χ2v) is 6.70. The molecule has 1 aliphatic rings. The largest absolute Gasteiger partial charge is 0.295 e. The van der Waals surface area contributed by atoms with Crippen LogP contribution in [-0.4, -0.2) is 31.6 Å². The number of ketones is 1. The van der Waals surface area contributed by atoms with Gasteiger partial charge in [0.05, 0.1) is 4.90 Å². The van der Waals surface area contributed by atoms with Gasteiger partial charge in [0.15, 0.2) is 5.78 Å². The van der Waals surface area contributed by atoms with Crippen molar-refractivity contribution in [3.8, 4) is 0 Å². The van der Waals surface area contributed by atoms with Gasteiger partial charge in [0.1, 0.15) is 0 Å². The topological polar surface area (TPSA) is 54.5 Å². The Labute approximate surface area is 113 Å². The van der Waals surface area contributed by atoms with Gasteiger partial charge in [-0.3, -0.25) is 4.79 Å². The van der Waals surface area contributed by atoms with E-state index in [1.54, 1.807) is 12.1 Å². The van der Waals surface area contributed by atoms with Gasteiger partial charge in [-0.25, -0.2) is 8.42 Å². The number of nitrogens with zero attached hydrogens (tertiary/aromatic N) is 1. The molecule has 19 heavy (non-hydrogen) atoms. The number of hydrogen-bond acceptors (Lipinski definition) is 3. The van der Waals surface area contributed by atoms with E-state index in [1.807, 2.05) is 6.92 Å². The Morgan fingerprint density at radius 3 is 2.68 bits per heavy atom. The zero-order valence-electron chi connectivity index (χ0n) is 11.1. The molecule has 102 valence electrons. The lowest BCUT2D eigenvalue weighted by atomic mass is 10.2. The molecule has 2 rings (SSSR count). The van der Waals surface area contributed by atoms with Gasteiger partial charge in [-0.2, -0.15) is 4.31 Å². The fourth-order valence-corrected chi connectivity index (χ4v) is 3.65. The van der Waals surface area contributed by atoms with Gasteiger partial charge in [-0.05, 0) is 32.4 Å². The molecule has 5 heteroatoms. The van der Waals surface area contributed by atoms with E-state index in [9.17, 15) is 13.2 Å². The lowest BCUT2D eigenvalue weighted by Crippen LogP contribution is -2.35. The predicted octanol–water partition coefficient (Wildman–Crippen LogP) is 2.23. The summed E-state index contributed by atoms with van der Waals surface area (Å²) >= 11 is 0. The van der Waals surface area contributed by atoms with Crippen LogP contribution in [0.4, 0.5) is 0 Å². The molecule has 4 nitrogen and oxygen atoms in total. The summed E-state index contributed by atoms with van der Waals surface area (Å²) in [5.41, 5.74) is 1.47. The average molecular weight is 279 g/mol. The molecule has 1 aromatic rings. The lowest BCUT2D eigenvalue weighted by Gasteiger charge is -2.25. The van der Waals surface area contributed by atoms with Crippen LogP contribution in [0.25, 0.3) is 0 Å². The van der Waals surface area contributed by atoms with Crippen LogP contribution >= 0.6 is 0 Å². The Morgan fingerprint density at radius 2 is 2.05 bits per heavy atom. The molecule has 0 radical (unpaired) electrons. The predicted molar refractivity (Wildman–Crippen MR) is 73.6 cm³/mol. The second-order valence-electron chi connectivity index (χ2n) is 4.76. The zero-order chi connectivity index (χ0) is 14.0. The van der Waals surface area contributed by atoms with Crippen LogP contribution < -0.4 is 0 Å². The highest BCUT2D eigenvalue weighted by atomic mass is 32.2. The van der Waals surface area contributed by atoms with Crippen molar-refractivity contribution in [3.63, 3.8) is 0 Å². The first kappa shape index (κ1) is 14.0. The summed E-state index contributed by atoms with van der Waals surface area (Å²) in [5.74, 6) is -0.133. The van der Waals surface area contributed by atoms with E-state index in [1.165, 1.54) is 23.4 Å². The van der Waals surface area contributed by atoms with Gasteiger partial charge in [0, 0.05) is 18.7 Å². The molecule has 0 spiro atoms. The molecule has 1 aromatic carbocycles. The van der Waals surface area contributed by atoms with E-state index < -0.39 is 10.0 Å². The molecular formula is C14H17NO3S. The molecule has 0 fully saturated rings. The first-order chi connectivity index (χ1) is 8.91. The van der Waals surface area contributed by atoms with E-state index in [2.05, 4.69) is 6.08 Å². The molecule has 0 atom stereocenters. The highest BCUT2D eigenvalue weighted by molar-refractivity contribution is 7.89. The SMILES string of the molecule is CC(=O)c1cccc(S(=O)(=O)N2CCC=C(C)C2)c1. The molecule has 0 aliphatic carbocycles. The van der Waals surface area contributed by atoms with Crippen molar-refractivity contribution in [1.29, 1.82) is 0 Å². The summed E-state index contributed by atoms with van der Waals surface area (Å²) in [7, 11) is -3.51. The summed E-state index contributed by atoms with van der Waals surface area (Å²) in [6.07, 6.45) is 2.79. The fourth-order valence-electron chi connectivity index (χ4n) is 2.11. The van der Waals surface area contributed by atoms with Crippen molar-refractivity contribution in [1.82, 2.24) is 4.31 Å². The van der Waals surface area contributed by atoms with Gasteiger partial charge in [-0.1, -0.05) is 23.8 Å². The highest BCUT2D eigenvalue weighted by Crippen LogP contribution is 2.21. The summed E-state index contributed by atoms with van der Waals surface area (Å²) in [6.45, 7) is 4.27. The summed E-state index contributed by atoms with van der Waals surface area (Å²) in [6, 6.07) is 6.22. The highest BCUT2D eigenvalue weighted by Gasteiger charge is 2.26. The van der Waals surface area contributed by atoms with Crippen LogP contribution in [0.5, 0.6) is 0 Å². The maximum absolute atomic E-state index is 12.5. The number of hydrogen-bond donors (Lipinski definition) is 0. The van der Waals surface area contributed by atoms with E-state index in [0.29, 0.717) is 18.7 Å². The van der Waals surface area contributed by atoms with Gasteiger partial charge >= 0.3 is 0 Å². The normalized spacial score (nSPS) is 17.1.